The number of nitrogens with zero attached hydrogens (tertiary/aromatic N) is 2. The number of aliphatic hydroxyl groups excluding tert-OH is 1. The molecule has 0 aromatic heterocycles. The van der Waals surface area contributed by atoms with Crippen LogP contribution in [0.3, 0.4) is 0 Å². The zero-order valence-electron chi connectivity index (χ0n) is 22.8. The number of hydrogen-bond acceptors (Lipinski definition) is 6. The SMILES string of the molecule is C=CCCCCOC(=O)[C@H]1[C@H]2C(=O)N(CCCO)C(C(=O)N(CC=C)c3cc(C)ccc3C)C23CC(Br)[C@@H]1O3. The van der Waals surface area contributed by atoms with Gasteiger partial charge in [0.25, 0.3) is 5.91 Å². The van der Waals surface area contributed by atoms with E-state index in [-0.39, 0.29) is 42.9 Å². The lowest BCUT2D eigenvalue weighted by molar-refractivity contribution is -0.155. The second-order valence-electron chi connectivity index (χ2n) is 10.8. The third kappa shape index (κ3) is 5.33. The van der Waals surface area contributed by atoms with Crippen LogP contribution >= 0.6 is 15.9 Å². The Hall–Kier alpha value is -2.49. The van der Waals surface area contributed by atoms with Gasteiger partial charge < -0.3 is 24.4 Å². The number of ether oxygens (including phenoxy) is 2. The number of aryl methyl sites for hydroxylation is 2. The normalized spacial score (nSPS) is 28.9. The van der Waals surface area contributed by atoms with Gasteiger partial charge in [-0.2, -0.15) is 0 Å². The molecule has 3 aliphatic rings. The minimum atomic E-state index is -1.17. The Kier molecular flexibility index (Phi) is 9.34. The Bertz CT molecular complexity index is 1120. The second-order valence-corrected chi connectivity index (χ2v) is 11.9. The highest BCUT2D eigenvalue weighted by atomic mass is 79.9. The van der Waals surface area contributed by atoms with Crippen molar-refractivity contribution in [2.75, 3.05) is 31.2 Å². The second kappa shape index (κ2) is 12.4. The number of likely N-dealkylation sites (tertiary alicyclic amines) is 1. The summed E-state index contributed by atoms with van der Waals surface area (Å²) in [6, 6.07) is 4.96. The van der Waals surface area contributed by atoms with E-state index >= 15 is 0 Å². The number of unbranched alkanes of at least 4 members (excludes halogenated alkanes) is 2. The van der Waals surface area contributed by atoms with Crippen LogP contribution in [-0.2, 0) is 23.9 Å². The van der Waals surface area contributed by atoms with Gasteiger partial charge >= 0.3 is 5.97 Å². The van der Waals surface area contributed by atoms with Crippen molar-refractivity contribution < 1.29 is 29.0 Å². The molecular formula is C30H39BrN2O6. The number of hydrogen-bond donors (Lipinski definition) is 1. The van der Waals surface area contributed by atoms with Gasteiger partial charge in [0.15, 0.2) is 0 Å². The van der Waals surface area contributed by atoms with E-state index in [1.807, 2.05) is 38.1 Å². The Morgan fingerprint density at radius 3 is 2.72 bits per heavy atom. The van der Waals surface area contributed by atoms with Gasteiger partial charge in [-0.3, -0.25) is 14.4 Å². The van der Waals surface area contributed by atoms with Crippen molar-refractivity contribution in [3.05, 3.63) is 54.6 Å². The summed E-state index contributed by atoms with van der Waals surface area (Å²) in [6.07, 6.45) is 6.05. The standard InChI is InChI=1S/C30H39BrN2O6/c1-5-7-8-9-16-38-29(37)23-24-27(35)33(14-10-15-34)26(30(24)18-21(31)25(23)39-30)28(36)32(13-6-2)22-17-19(3)11-12-20(22)4/h5-6,11-12,17,21,23-26,34H,1-2,7-10,13-16,18H2,3-4H3/t21?,23-,24-,25-,26?,30?/m0/s1. The first-order valence-corrected chi connectivity index (χ1v) is 14.6. The summed E-state index contributed by atoms with van der Waals surface area (Å²) in [7, 11) is 0. The number of esters is 1. The maximum absolute atomic E-state index is 14.5. The smallest absolute Gasteiger partial charge is 0.312 e. The average Bonchev–Trinajstić information content (AvgIpc) is 3.50. The Balaban J connectivity index is 1.70. The number of amides is 2. The van der Waals surface area contributed by atoms with Gasteiger partial charge in [-0.25, -0.2) is 0 Å². The highest BCUT2D eigenvalue weighted by molar-refractivity contribution is 9.09. The number of alkyl halides is 1. The van der Waals surface area contributed by atoms with E-state index in [0.29, 0.717) is 19.3 Å². The Morgan fingerprint density at radius 2 is 2.03 bits per heavy atom. The first-order chi connectivity index (χ1) is 18.7. The van der Waals surface area contributed by atoms with Crippen LogP contribution in [0.15, 0.2) is 43.5 Å². The monoisotopic (exact) mass is 602 g/mol. The molecule has 3 aliphatic heterocycles. The van der Waals surface area contributed by atoms with Gasteiger partial charge in [-0.1, -0.05) is 40.2 Å². The predicted octanol–water partition coefficient (Wildman–Crippen LogP) is 3.85. The highest BCUT2D eigenvalue weighted by Crippen LogP contribution is 2.60. The summed E-state index contributed by atoms with van der Waals surface area (Å²) in [6.45, 7) is 12.0. The van der Waals surface area contributed by atoms with E-state index in [1.165, 1.54) is 4.90 Å². The molecule has 1 spiro atoms. The zero-order valence-corrected chi connectivity index (χ0v) is 24.4. The molecule has 212 valence electrons. The van der Waals surface area contributed by atoms with Crippen molar-refractivity contribution in [3.8, 4) is 0 Å². The highest BCUT2D eigenvalue weighted by Gasteiger charge is 2.77. The van der Waals surface area contributed by atoms with Gasteiger partial charge in [0.2, 0.25) is 5.91 Å². The number of rotatable bonds is 13. The molecule has 0 aliphatic carbocycles. The molecule has 4 rings (SSSR count). The lowest BCUT2D eigenvalue weighted by atomic mass is 9.70. The van der Waals surface area contributed by atoms with Crippen LogP contribution in [0, 0.1) is 25.7 Å². The number of carbonyl (C=O) groups is 3. The number of anilines is 1. The maximum Gasteiger partial charge on any atom is 0.312 e. The molecule has 39 heavy (non-hydrogen) atoms. The molecule has 1 N–H and O–H groups in total. The van der Waals surface area contributed by atoms with Gasteiger partial charge in [0, 0.05) is 30.2 Å². The Morgan fingerprint density at radius 1 is 1.26 bits per heavy atom. The number of fused-ring (bicyclic) bond motifs is 1. The zero-order chi connectivity index (χ0) is 28.3. The number of halogens is 1. The molecule has 0 radical (unpaired) electrons. The molecule has 2 amide bonds. The Labute approximate surface area is 239 Å². The quantitative estimate of drug-likeness (QED) is 0.159. The summed E-state index contributed by atoms with van der Waals surface area (Å²) in [4.78, 5) is 44.9. The van der Waals surface area contributed by atoms with Crippen molar-refractivity contribution in [3.63, 3.8) is 0 Å². The van der Waals surface area contributed by atoms with Crippen LogP contribution in [0.4, 0.5) is 5.69 Å². The van der Waals surface area contributed by atoms with Crippen molar-refractivity contribution in [1.29, 1.82) is 0 Å². The van der Waals surface area contributed by atoms with Gasteiger partial charge in [-0.15, -0.1) is 13.2 Å². The molecule has 9 heteroatoms. The fraction of sp³-hybridized carbons (Fsp3) is 0.567. The van der Waals surface area contributed by atoms with Crippen LogP contribution in [0.25, 0.3) is 0 Å². The third-order valence-electron chi connectivity index (χ3n) is 8.13. The van der Waals surface area contributed by atoms with Crippen LogP contribution in [0.5, 0.6) is 0 Å². The minimum Gasteiger partial charge on any atom is -0.465 e. The number of carbonyl (C=O) groups excluding carboxylic acids is 3. The van der Waals surface area contributed by atoms with Gasteiger partial charge in [0.05, 0.1) is 24.5 Å². The molecule has 3 unspecified atom stereocenters. The first kappa shape index (κ1) is 29.5. The van der Waals surface area contributed by atoms with Crippen molar-refractivity contribution in [1.82, 2.24) is 4.90 Å². The number of aliphatic hydroxyl groups is 1. The number of benzene rings is 1. The minimum absolute atomic E-state index is 0.129. The topological polar surface area (TPSA) is 96.4 Å². The number of allylic oxidation sites excluding steroid dienone is 1. The lowest BCUT2D eigenvalue weighted by Gasteiger charge is -2.37. The van der Waals surface area contributed by atoms with Gasteiger partial charge in [-0.05, 0) is 63.1 Å². The lowest BCUT2D eigenvalue weighted by Crippen LogP contribution is -2.57. The molecule has 3 fully saturated rings. The maximum atomic E-state index is 14.5. The fourth-order valence-corrected chi connectivity index (χ4v) is 7.36. The van der Waals surface area contributed by atoms with Crippen LogP contribution in [-0.4, -0.2) is 76.7 Å². The summed E-state index contributed by atoms with van der Waals surface area (Å²) >= 11 is 3.69. The summed E-state index contributed by atoms with van der Waals surface area (Å²) in [5.74, 6) is -2.67. The van der Waals surface area contributed by atoms with E-state index in [0.717, 1.165) is 29.7 Å². The molecule has 8 nitrogen and oxygen atoms in total. The van der Waals surface area contributed by atoms with Crippen LogP contribution < -0.4 is 4.90 Å². The van der Waals surface area contributed by atoms with Crippen LogP contribution in [0.2, 0.25) is 0 Å². The van der Waals surface area contributed by atoms with Gasteiger partial charge in [0.1, 0.15) is 11.6 Å². The van der Waals surface area contributed by atoms with Crippen molar-refractivity contribution >= 4 is 39.4 Å². The van der Waals surface area contributed by atoms with E-state index in [4.69, 9.17) is 9.47 Å². The molecule has 2 bridgehead atoms. The third-order valence-corrected chi connectivity index (χ3v) is 8.98. The first-order valence-electron chi connectivity index (χ1n) is 13.7. The predicted molar refractivity (Wildman–Crippen MR) is 153 cm³/mol. The summed E-state index contributed by atoms with van der Waals surface area (Å²) in [5, 5.41) is 9.58. The van der Waals surface area contributed by atoms with E-state index in [2.05, 4.69) is 29.1 Å². The molecule has 1 aromatic carbocycles. The van der Waals surface area contributed by atoms with Crippen molar-refractivity contribution in [2.45, 2.75) is 68.5 Å². The average molecular weight is 604 g/mol. The van der Waals surface area contributed by atoms with E-state index < -0.39 is 35.6 Å². The summed E-state index contributed by atoms with van der Waals surface area (Å²) < 4.78 is 12.2. The fourth-order valence-electron chi connectivity index (χ4n) is 6.41. The molecule has 0 saturated carbocycles. The van der Waals surface area contributed by atoms with E-state index in [9.17, 15) is 19.5 Å². The molecule has 3 heterocycles. The molecule has 3 saturated heterocycles. The molecule has 1 aromatic rings. The largest absolute Gasteiger partial charge is 0.465 e. The molecular weight excluding hydrogens is 564 g/mol. The van der Waals surface area contributed by atoms with Crippen molar-refractivity contribution in [2.24, 2.45) is 11.8 Å². The van der Waals surface area contributed by atoms with E-state index in [1.54, 1.807) is 11.0 Å². The summed E-state index contributed by atoms with van der Waals surface area (Å²) in [5.41, 5.74) is 1.49. The molecule has 6 atom stereocenters. The van der Waals surface area contributed by atoms with Crippen LogP contribution in [0.1, 0.15) is 43.2 Å².